The monoisotopic (exact) mass is 416 g/mol. The molecule has 0 amide bonds. The van der Waals surface area contributed by atoms with E-state index >= 15 is 4.39 Å². The summed E-state index contributed by atoms with van der Waals surface area (Å²) in [5.74, 6) is 2.01. The number of halogens is 1. The van der Waals surface area contributed by atoms with Gasteiger partial charge in [0.05, 0.1) is 23.6 Å². The van der Waals surface area contributed by atoms with Gasteiger partial charge in [-0.3, -0.25) is 4.68 Å². The number of rotatable bonds is 4. The highest BCUT2D eigenvalue weighted by Crippen LogP contribution is 2.55. The van der Waals surface area contributed by atoms with Crippen molar-refractivity contribution < 1.29 is 4.39 Å². The van der Waals surface area contributed by atoms with E-state index in [1.165, 1.54) is 32.5 Å². The van der Waals surface area contributed by atoms with Crippen molar-refractivity contribution in [3.63, 3.8) is 0 Å². The number of benzene rings is 1. The fraction of sp³-hybridized carbons (Fsp3) is 0.458. The van der Waals surface area contributed by atoms with E-state index in [1.807, 2.05) is 43.1 Å². The van der Waals surface area contributed by atoms with Crippen LogP contribution < -0.4 is 0 Å². The average Bonchev–Trinajstić information content (AvgIpc) is 3.48. The Labute approximate surface area is 179 Å². The summed E-state index contributed by atoms with van der Waals surface area (Å²) < 4.78 is 18.8. The predicted octanol–water partition coefficient (Wildman–Crippen LogP) is 4.01. The van der Waals surface area contributed by atoms with Crippen molar-refractivity contribution in [1.82, 2.24) is 29.3 Å². The molecule has 6 nitrogen and oxygen atoms in total. The molecule has 1 saturated heterocycles. The fourth-order valence-electron chi connectivity index (χ4n) is 5.59. The second-order valence-corrected chi connectivity index (χ2v) is 9.85. The van der Waals surface area contributed by atoms with E-state index in [0.29, 0.717) is 23.4 Å². The molecular weight excluding hydrogens is 391 g/mol. The zero-order valence-corrected chi connectivity index (χ0v) is 17.8. The number of imidazole rings is 1. The lowest BCUT2D eigenvalue weighted by molar-refractivity contribution is 0.271. The third-order valence-corrected chi connectivity index (χ3v) is 7.35. The normalized spacial score (nSPS) is 25.6. The summed E-state index contributed by atoms with van der Waals surface area (Å²) in [6.45, 7) is 7.57. The minimum Gasteiger partial charge on any atom is -0.302 e. The molecule has 0 N–H and O–H groups in total. The maximum absolute atomic E-state index is 15.0. The molecule has 0 spiro atoms. The number of fused-ring (bicyclic) bond motifs is 3. The van der Waals surface area contributed by atoms with Crippen molar-refractivity contribution >= 4 is 16.6 Å². The smallest absolute Gasteiger partial charge is 0.156 e. The first-order valence-electron chi connectivity index (χ1n) is 11.3. The van der Waals surface area contributed by atoms with Gasteiger partial charge in [0.15, 0.2) is 11.5 Å². The van der Waals surface area contributed by atoms with E-state index in [4.69, 9.17) is 0 Å². The summed E-state index contributed by atoms with van der Waals surface area (Å²) in [7, 11) is 0. The number of hydrogen-bond donors (Lipinski definition) is 0. The Kier molecular flexibility index (Phi) is 3.53. The minimum absolute atomic E-state index is 0.284. The Bertz CT molecular complexity index is 1340. The zero-order valence-electron chi connectivity index (χ0n) is 17.8. The molecule has 3 fully saturated rings. The summed E-state index contributed by atoms with van der Waals surface area (Å²) in [5, 5.41) is 10.2. The predicted molar refractivity (Wildman–Crippen MR) is 116 cm³/mol. The Hall–Kier alpha value is -2.80. The highest BCUT2D eigenvalue weighted by atomic mass is 19.1. The highest BCUT2D eigenvalue weighted by molar-refractivity contribution is 5.84. The van der Waals surface area contributed by atoms with Crippen LogP contribution in [-0.2, 0) is 0 Å². The van der Waals surface area contributed by atoms with Gasteiger partial charge in [0.2, 0.25) is 0 Å². The largest absolute Gasteiger partial charge is 0.302 e. The van der Waals surface area contributed by atoms with Crippen LogP contribution in [0.1, 0.15) is 30.1 Å². The van der Waals surface area contributed by atoms with Crippen molar-refractivity contribution in [1.29, 1.82) is 0 Å². The second kappa shape index (κ2) is 6.13. The summed E-state index contributed by atoms with van der Waals surface area (Å²) in [6.07, 6.45) is 6.74. The lowest BCUT2D eigenvalue weighted by Gasteiger charge is -2.19. The van der Waals surface area contributed by atoms with Crippen LogP contribution in [0, 0.1) is 37.4 Å². The number of aromatic nitrogens is 5. The molecule has 3 aromatic heterocycles. The number of nitrogens with zero attached hydrogens (tertiary/aromatic N) is 6. The first-order valence-corrected chi connectivity index (χ1v) is 11.3. The van der Waals surface area contributed by atoms with Gasteiger partial charge in [-0.1, -0.05) is 0 Å². The molecule has 158 valence electrons. The van der Waals surface area contributed by atoms with Gasteiger partial charge in [-0.15, -0.1) is 0 Å². The second-order valence-electron chi connectivity index (χ2n) is 9.85. The van der Waals surface area contributed by atoms with E-state index in [2.05, 4.69) is 20.1 Å². The third kappa shape index (κ3) is 2.82. The Morgan fingerprint density at radius 3 is 2.61 bits per heavy atom. The summed E-state index contributed by atoms with van der Waals surface area (Å²) >= 11 is 0. The molecule has 2 aliphatic carbocycles. The molecule has 4 heterocycles. The molecular formula is C24H25FN6. The molecule has 1 aromatic carbocycles. The quantitative estimate of drug-likeness (QED) is 0.504. The molecule has 7 rings (SSSR count). The first kappa shape index (κ1) is 17.8. The Balaban J connectivity index is 1.20. The van der Waals surface area contributed by atoms with Gasteiger partial charge in [0, 0.05) is 48.6 Å². The lowest BCUT2D eigenvalue weighted by atomic mass is 10.1. The molecule has 3 aliphatic rings. The van der Waals surface area contributed by atoms with E-state index in [0.717, 1.165) is 39.5 Å². The third-order valence-electron chi connectivity index (χ3n) is 7.35. The fourth-order valence-corrected chi connectivity index (χ4v) is 5.59. The molecule has 3 atom stereocenters. The molecule has 7 heteroatoms. The van der Waals surface area contributed by atoms with Crippen LogP contribution in [0.3, 0.4) is 0 Å². The molecule has 1 aliphatic heterocycles. The standard InChI is InChI=1S/C24H25FN6/c1-13-5-21(27-31-8-14(2)26-24(13)31)16-6-17-10-30(28-22(17)20(25)7-16)23-18-11-29(12-19(18)23)9-15-3-4-15/h5-8,10,15,18-19,23H,3-4,9,11-12H2,1-2H3/t18-,19+,23?. The highest BCUT2D eigenvalue weighted by Gasteiger charge is 2.57. The zero-order chi connectivity index (χ0) is 20.9. The Morgan fingerprint density at radius 2 is 1.84 bits per heavy atom. The SMILES string of the molecule is Cc1cn2nc(-c3cc(F)c4nn(C5[C@H]6CN(CC7CC7)C[C@@H]56)cc4c3)cc(C)c2n1. The van der Waals surface area contributed by atoms with Gasteiger partial charge in [-0.2, -0.15) is 10.2 Å². The summed E-state index contributed by atoms with van der Waals surface area (Å²) in [4.78, 5) is 7.12. The van der Waals surface area contributed by atoms with Crippen molar-refractivity contribution in [2.24, 2.45) is 17.8 Å². The molecule has 2 saturated carbocycles. The van der Waals surface area contributed by atoms with Crippen molar-refractivity contribution in [3.05, 3.63) is 47.7 Å². The first-order chi connectivity index (χ1) is 15.0. The van der Waals surface area contributed by atoms with Gasteiger partial charge in [-0.25, -0.2) is 13.9 Å². The van der Waals surface area contributed by atoms with Crippen LogP contribution in [0.15, 0.2) is 30.6 Å². The van der Waals surface area contributed by atoms with E-state index in [9.17, 15) is 0 Å². The van der Waals surface area contributed by atoms with Crippen molar-refractivity contribution in [2.45, 2.75) is 32.7 Å². The average molecular weight is 417 g/mol. The van der Waals surface area contributed by atoms with Gasteiger partial charge in [-0.05, 0) is 56.4 Å². The Morgan fingerprint density at radius 1 is 1.03 bits per heavy atom. The number of piperidine rings is 1. The van der Waals surface area contributed by atoms with Crippen LogP contribution >= 0.6 is 0 Å². The van der Waals surface area contributed by atoms with Crippen LogP contribution in [-0.4, -0.2) is 48.9 Å². The van der Waals surface area contributed by atoms with E-state index < -0.39 is 0 Å². The van der Waals surface area contributed by atoms with Crippen LogP contribution in [0.2, 0.25) is 0 Å². The molecule has 0 bridgehead atoms. The number of aryl methyl sites for hydroxylation is 2. The molecule has 1 unspecified atom stereocenters. The summed E-state index contributed by atoms with van der Waals surface area (Å²) in [6, 6.07) is 5.97. The molecule has 0 radical (unpaired) electrons. The number of likely N-dealkylation sites (tertiary alicyclic amines) is 1. The van der Waals surface area contributed by atoms with Gasteiger partial charge < -0.3 is 4.90 Å². The molecule has 4 aromatic rings. The molecule has 31 heavy (non-hydrogen) atoms. The van der Waals surface area contributed by atoms with Gasteiger partial charge in [0.1, 0.15) is 5.52 Å². The maximum atomic E-state index is 15.0. The summed E-state index contributed by atoms with van der Waals surface area (Å²) in [5.41, 5.74) is 4.76. The van der Waals surface area contributed by atoms with Crippen LogP contribution in [0.25, 0.3) is 27.8 Å². The van der Waals surface area contributed by atoms with Crippen LogP contribution in [0.4, 0.5) is 4.39 Å². The minimum atomic E-state index is -0.284. The van der Waals surface area contributed by atoms with E-state index in [1.54, 1.807) is 10.6 Å². The van der Waals surface area contributed by atoms with Crippen molar-refractivity contribution in [3.8, 4) is 11.3 Å². The van der Waals surface area contributed by atoms with Crippen LogP contribution in [0.5, 0.6) is 0 Å². The van der Waals surface area contributed by atoms with Gasteiger partial charge >= 0.3 is 0 Å². The van der Waals surface area contributed by atoms with Gasteiger partial charge in [0.25, 0.3) is 0 Å². The maximum Gasteiger partial charge on any atom is 0.156 e. The lowest BCUT2D eigenvalue weighted by Crippen LogP contribution is -2.27. The van der Waals surface area contributed by atoms with E-state index in [-0.39, 0.29) is 5.82 Å². The number of hydrogen-bond acceptors (Lipinski definition) is 4. The van der Waals surface area contributed by atoms with Crippen molar-refractivity contribution in [2.75, 3.05) is 19.6 Å². The topological polar surface area (TPSA) is 51.3 Å².